The minimum absolute atomic E-state index is 0.0252. The van der Waals surface area contributed by atoms with Crippen LogP contribution in [-0.4, -0.2) is 34.9 Å². The van der Waals surface area contributed by atoms with Gasteiger partial charge in [0, 0.05) is 37.1 Å². The molecule has 3 N–H and O–H groups in total. The number of hydrogen-bond donors (Lipinski definition) is 2. The second-order valence-corrected chi connectivity index (χ2v) is 4.55. The third-order valence-corrected chi connectivity index (χ3v) is 3.03. The molecule has 1 atom stereocenters. The molecule has 5 nitrogen and oxygen atoms in total. The first-order valence-electron chi connectivity index (χ1n) is 5.82. The first-order chi connectivity index (χ1) is 8.08. The fourth-order valence-corrected chi connectivity index (χ4v) is 2.11. The highest BCUT2D eigenvalue weighted by Crippen LogP contribution is 2.10. The van der Waals surface area contributed by atoms with Crippen LogP contribution in [0.5, 0.6) is 0 Å². The topological polar surface area (TPSA) is 79.2 Å². The Morgan fingerprint density at radius 2 is 2.35 bits per heavy atom. The number of likely N-dealkylation sites (tertiary alicyclic amines) is 1. The van der Waals surface area contributed by atoms with Gasteiger partial charge in [-0.05, 0) is 19.8 Å². The van der Waals surface area contributed by atoms with Crippen LogP contribution in [-0.2, 0) is 0 Å². The first kappa shape index (κ1) is 11.9. The molecular formula is C12H17N3O2. The van der Waals surface area contributed by atoms with Crippen molar-refractivity contribution in [3.8, 4) is 0 Å². The smallest absolute Gasteiger partial charge is 0.259 e. The van der Waals surface area contributed by atoms with Gasteiger partial charge in [0.15, 0.2) is 5.43 Å². The Morgan fingerprint density at radius 3 is 3.00 bits per heavy atom. The van der Waals surface area contributed by atoms with Gasteiger partial charge in [-0.25, -0.2) is 0 Å². The largest absolute Gasteiger partial charge is 0.364 e. The van der Waals surface area contributed by atoms with E-state index in [-0.39, 0.29) is 22.9 Å². The van der Waals surface area contributed by atoms with Crippen molar-refractivity contribution in [1.29, 1.82) is 0 Å². The third kappa shape index (κ3) is 2.55. The van der Waals surface area contributed by atoms with E-state index in [2.05, 4.69) is 4.98 Å². The second-order valence-electron chi connectivity index (χ2n) is 4.55. The zero-order chi connectivity index (χ0) is 12.4. The van der Waals surface area contributed by atoms with Gasteiger partial charge in [0.2, 0.25) is 0 Å². The average Bonchev–Trinajstić information content (AvgIpc) is 2.28. The fraction of sp³-hybridized carbons (Fsp3) is 0.500. The number of aromatic nitrogens is 1. The summed E-state index contributed by atoms with van der Waals surface area (Å²) in [4.78, 5) is 28.4. The summed E-state index contributed by atoms with van der Waals surface area (Å²) in [6.07, 6.45) is 3.32. The number of rotatable bonds is 1. The predicted molar refractivity (Wildman–Crippen MR) is 64.9 cm³/mol. The molecular weight excluding hydrogens is 218 g/mol. The molecule has 1 aromatic rings. The molecule has 0 aromatic carbocycles. The van der Waals surface area contributed by atoms with Crippen LogP contribution in [0.1, 0.15) is 28.9 Å². The summed E-state index contributed by atoms with van der Waals surface area (Å²) < 4.78 is 0. The van der Waals surface area contributed by atoms with E-state index in [1.165, 1.54) is 12.3 Å². The Bertz CT molecular complexity index is 481. The van der Waals surface area contributed by atoms with E-state index < -0.39 is 0 Å². The Balaban J connectivity index is 2.22. The van der Waals surface area contributed by atoms with Gasteiger partial charge in [0.1, 0.15) is 5.56 Å². The van der Waals surface area contributed by atoms with Gasteiger partial charge in [0.05, 0.1) is 0 Å². The molecule has 2 rings (SSSR count). The molecule has 2 heterocycles. The van der Waals surface area contributed by atoms with Gasteiger partial charge >= 0.3 is 0 Å². The quantitative estimate of drug-likeness (QED) is 0.732. The van der Waals surface area contributed by atoms with Gasteiger partial charge in [-0.15, -0.1) is 0 Å². The Morgan fingerprint density at radius 1 is 1.59 bits per heavy atom. The van der Waals surface area contributed by atoms with Crippen molar-refractivity contribution in [1.82, 2.24) is 9.88 Å². The average molecular weight is 235 g/mol. The van der Waals surface area contributed by atoms with E-state index in [1.54, 1.807) is 11.8 Å². The van der Waals surface area contributed by atoms with Crippen LogP contribution in [0.2, 0.25) is 0 Å². The fourth-order valence-electron chi connectivity index (χ4n) is 2.11. The van der Waals surface area contributed by atoms with Crippen LogP contribution < -0.4 is 11.2 Å². The lowest BCUT2D eigenvalue weighted by molar-refractivity contribution is 0.0707. The Hall–Kier alpha value is -1.62. The molecule has 1 aromatic heterocycles. The van der Waals surface area contributed by atoms with Crippen molar-refractivity contribution in [3.05, 3.63) is 33.7 Å². The molecule has 1 saturated heterocycles. The van der Waals surface area contributed by atoms with Gasteiger partial charge in [-0.1, -0.05) is 0 Å². The Labute approximate surface area is 99.6 Å². The number of nitrogens with zero attached hydrogens (tertiary/aromatic N) is 1. The van der Waals surface area contributed by atoms with Gasteiger partial charge in [0.25, 0.3) is 5.91 Å². The van der Waals surface area contributed by atoms with Crippen LogP contribution in [0.3, 0.4) is 0 Å². The summed E-state index contributed by atoms with van der Waals surface area (Å²) in [6.45, 7) is 3.00. The number of carbonyl (C=O) groups is 1. The highest BCUT2D eigenvalue weighted by Gasteiger charge is 2.23. The van der Waals surface area contributed by atoms with Crippen molar-refractivity contribution >= 4 is 5.91 Å². The number of aryl methyl sites for hydroxylation is 1. The lowest BCUT2D eigenvalue weighted by atomic mass is 10.1. The molecule has 0 spiro atoms. The summed E-state index contributed by atoms with van der Waals surface area (Å²) in [5, 5.41) is 0. The lowest BCUT2D eigenvalue weighted by Gasteiger charge is -2.30. The minimum Gasteiger partial charge on any atom is -0.364 e. The summed E-state index contributed by atoms with van der Waals surface area (Å²) in [6, 6.07) is 1.47. The number of nitrogens with one attached hydrogen (secondary N) is 1. The monoisotopic (exact) mass is 235 g/mol. The van der Waals surface area contributed by atoms with Crippen LogP contribution in [0.25, 0.3) is 0 Å². The third-order valence-electron chi connectivity index (χ3n) is 3.03. The molecule has 0 radical (unpaired) electrons. The SMILES string of the molecule is Cc1cc(=O)c(C(=O)N2CCCC(N)C2)c[nH]1. The molecule has 0 saturated carbocycles. The van der Waals surface area contributed by atoms with E-state index in [1.807, 2.05) is 0 Å². The number of aromatic amines is 1. The van der Waals surface area contributed by atoms with Crippen molar-refractivity contribution in [2.45, 2.75) is 25.8 Å². The van der Waals surface area contributed by atoms with Crippen molar-refractivity contribution < 1.29 is 4.79 Å². The van der Waals surface area contributed by atoms with E-state index in [9.17, 15) is 9.59 Å². The van der Waals surface area contributed by atoms with E-state index >= 15 is 0 Å². The van der Waals surface area contributed by atoms with Crippen LogP contribution in [0, 0.1) is 6.92 Å². The second kappa shape index (κ2) is 4.71. The maximum absolute atomic E-state index is 12.1. The van der Waals surface area contributed by atoms with Gasteiger partial charge in [-0.2, -0.15) is 0 Å². The summed E-state index contributed by atoms with van der Waals surface area (Å²) in [5.74, 6) is -0.221. The number of carbonyl (C=O) groups excluding carboxylic acids is 1. The molecule has 1 aliphatic rings. The molecule has 0 aliphatic carbocycles. The maximum Gasteiger partial charge on any atom is 0.259 e. The zero-order valence-electron chi connectivity index (χ0n) is 9.90. The summed E-state index contributed by atoms with van der Waals surface area (Å²) in [5.41, 5.74) is 6.54. The maximum atomic E-state index is 12.1. The molecule has 92 valence electrons. The summed E-state index contributed by atoms with van der Waals surface area (Å²) >= 11 is 0. The van der Waals surface area contributed by atoms with Gasteiger partial charge in [-0.3, -0.25) is 9.59 Å². The minimum atomic E-state index is -0.231. The number of piperidine rings is 1. The number of pyridine rings is 1. The molecule has 1 amide bonds. The van der Waals surface area contributed by atoms with Crippen LogP contribution >= 0.6 is 0 Å². The van der Waals surface area contributed by atoms with Crippen molar-refractivity contribution in [3.63, 3.8) is 0 Å². The Kier molecular flexibility index (Phi) is 3.28. The molecule has 1 aliphatic heterocycles. The number of hydrogen-bond acceptors (Lipinski definition) is 3. The number of H-pyrrole nitrogens is 1. The highest BCUT2D eigenvalue weighted by atomic mass is 16.2. The standard InChI is InChI=1S/C12H17N3O2/c1-8-5-11(16)10(6-14-8)12(17)15-4-2-3-9(13)7-15/h5-6,9H,2-4,7,13H2,1H3,(H,14,16). The number of amides is 1. The first-order valence-corrected chi connectivity index (χ1v) is 5.82. The van der Waals surface area contributed by atoms with Crippen molar-refractivity contribution in [2.24, 2.45) is 5.73 Å². The highest BCUT2D eigenvalue weighted by molar-refractivity contribution is 5.93. The molecule has 1 fully saturated rings. The van der Waals surface area contributed by atoms with E-state index in [0.29, 0.717) is 13.1 Å². The molecule has 0 bridgehead atoms. The van der Waals surface area contributed by atoms with E-state index in [0.717, 1.165) is 18.5 Å². The van der Waals surface area contributed by atoms with Gasteiger partial charge < -0.3 is 15.6 Å². The normalized spacial score (nSPS) is 20.4. The molecule has 17 heavy (non-hydrogen) atoms. The van der Waals surface area contributed by atoms with Crippen LogP contribution in [0.15, 0.2) is 17.1 Å². The predicted octanol–water partition coefficient (Wildman–Crippen LogP) is 0.247. The number of nitrogens with two attached hydrogens (primary N) is 1. The van der Waals surface area contributed by atoms with Crippen molar-refractivity contribution in [2.75, 3.05) is 13.1 Å². The van der Waals surface area contributed by atoms with E-state index in [4.69, 9.17) is 5.73 Å². The summed E-state index contributed by atoms with van der Waals surface area (Å²) in [7, 11) is 0. The molecule has 5 heteroatoms. The zero-order valence-corrected chi connectivity index (χ0v) is 9.90. The van der Waals surface area contributed by atoms with Crippen LogP contribution in [0.4, 0.5) is 0 Å². The molecule has 1 unspecified atom stereocenters. The lowest BCUT2D eigenvalue weighted by Crippen LogP contribution is -2.46.